The van der Waals surface area contributed by atoms with E-state index < -0.39 is 5.97 Å². The average Bonchev–Trinajstić information content (AvgIpc) is 2.15. The number of hydrogen-bond donors (Lipinski definition) is 1. The van der Waals surface area contributed by atoms with Crippen LogP contribution in [0.2, 0.25) is 0 Å². The van der Waals surface area contributed by atoms with Crippen molar-refractivity contribution in [1.29, 1.82) is 0 Å². The number of hydrogen-bond acceptors (Lipinski definition) is 4. The van der Waals surface area contributed by atoms with Gasteiger partial charge in [-0.1, -0.05) is 0 Å². The highest BCUT2D eigenvalue weighted by molar-refractivity contribution is 5.85. The maximum Gasteiger partial charge on any atom is 0.354 e. The van der Waals surface area contributed by atoms with E-state index in [4.69, 9.17) is 9.84 Å². The Bertz CT molecular complexity index is 326. The maximum atomic E-state index is 10.6. The number of carboxylic acid groups (broad SMARTS) is 1. The Hall–Kier alpha value is -1.49. The molecular formula is C9H12N2O3. The van der Waals surface area contributed by atoms with Crippen LogP contribution in [0.1, 0.15) is 30.2 Å². The molecule has 0 radical (unpaired) electrons. The summed E-state index contributed by atoms with van der Waals surface area (Å²) in [6.07, 6.45) is 1.49. The van der Waals surface area contributed by atoms with Crippen molar-refractivity contribution in [2.24, 2.45) is 0 Å². The molecule has 0 aromatic carbocycles. The molecule has 0 fully saturated rings. The zero-order chi connectivity index (χ0) is 10.6. The molecule has 1 rings (SSSR count). The molecule has 0 aliphatic rings. The van der Waals surface area contributed by atoms with Crippen LogP contribution >= 0.6 is 0 Å². The lowest BCUT2D eigenvalue weighted by molar-refractivity contribution is 0.0603. The molecule has 0 saturated heterocycles. The summed E-state index contributed by atoms with van der Waals surface area (Å²) in [4.78, 5) is 18.3. The molecule has 1 aromatic heterocycles. The lowest BCUT2D eigenvalue weighted by atomic mass is 10.4. The van der Waals surface area contributed by atoms with E-state index in [-0.39, 0.29) is 18.4 Å². The number of ether oxygens (including phenoxy) is 1. The Morgan fingerprint density at radius 2 is 2.36 bits per heavy atom. The minimum absolute atomic E-state index is 0.0117. The second-order valence-corrected chi connectivity index (χ2v) is 3.02. The molecule has 0 aliphatic carbocycles. The maximum absolute atomic E-state index is 10.6. The monoisotopic (exact) mass is 196 g/mol. The molecule has 76 valence electrons. The second kappa shape index (κ2) is 4.66. The van der Waals surface area contributed by atoms with Gasteiger partial charge in [0, 0.05) is 6.20 Å². The molecule has 5 nitrogen and oxygen atoms in total. The molecule has 0 spiro atoms. The van der Waals surface area contributed by atoms with Gasteiger partial charge in [-0.15, -0.1) is 0 Å². The summed E-state index contributed by atoms with van der Waals surface area (Å²) in [5.41, 5.74) is -0.0117. The minimum atomic E-state index is -1.06. The molecule has 5 heteroatoms. The van der Waals surface area contributed by atoms with Crippen LogP contribution in [0, 0.1) is 0 Å². The van der Waals surface area contributed by atoms with Crippen molar-refractivity contribution >= 4 is 5.97 Å². The quantitative estimate of drug-likeness (QED) is 0.780. The van der Waals surface area contributed by atoms with Crippen molar-refractivity contribution in [2.45, 2.75) is 26.6 Å². The van der Waals surface area contributed by atoms with Gasteiger partial charge in [-0.05, 0) is 19.9 Å². The first-order valence-electron chi connectivity index (χ1n) is 4.26. The van der Waals surface area contributed by atoms with Gasteiger partial charge >= 0.3 is 5.97 Å². The van der Waals surface area contributed by atoms with Crippen molar-refractivity contribution in [1.82, 2.24) is 9.97 Å². The third-order valence-electron chi connectivity index (χ3n) is 1.47. The average molecular weight is 196 g/mol. The fourth-order valence-electron chi connectivity index (χ4n) is 0.829. The zero-order valence-electron chi connectivity index (χ0n) is 8.10. The molecular weight excluding hydrogens is 184 g/mol. The molecule has 14 heavy (non-hydrogen) atoms. The lowest BCUT2D eigenvalue weighted by Gasteiger charge is -2.05. The van der Waals surface area contributed by atoms with E-state index in [2.05, 4.69) is 9.97 Å². The Balaban J connectivity index is 2.69. The van der Waals surface area contributed by atoms with E-state index in [9.17, 15) is 4.79 Å². The molecule has 0 saturated carbocycles. The summed E-state index contributed by atoms with van der Waals surface area (Å²) in [6, 6.07) is 1.35. The number of rotatable bonds is 4. The summed E-state index contributed by atoms with van der Waals surface area (Å²) in [7, 11) is 0. The van der Waals surface area contributed by atoms with Gasteiger partial charge in [0.1, 0.15) is 6.61 Å². The van der Waals surface area contributed by atoms with Crippen LogP contribution in [0.15, 0.2) is 12.3 Å². The molecule has 0 aliphatic heterocycles. The number of aromatic nitrogens is 2. The number of aromatic carboxylic acids is 1. The van der Waals surface area contributed by atoms with Gasteiger partial charge < -0.3 is 9.84 Å². The molecule has 0 unspecified atom stereocenters. The van der Waals surface area contributed by atoms with Crippen molar-refractivity contribution in [3.63, 3.8) is 0 Å². The molecule has 1 heterocycles. The summed E-state index contributed by atoms with van der Waals surface area (Å²) in [5, 5.41) is 8.66. The first-order chi connectivity index (χ1) is 6.59. The van der Waals surface area contributed by atoms with E-state index in [1.165, 1.54) is 12.3 Å². The highest BCUT2D eigenvalue weighted by Gasteiger charge is 2.06. The number of carbonyl (C=O) groups is 1. The van der Waals surface area contributed by atoms with Crippen molar-refractivity contribution in [2.75, 3.05) is 0 Å². The topological polar surface area (TPSA) is 72.3 Å². The van der Waals surface area contributed by atoms with Crippen LogP contribution in [0.25, 0.3) is 0 Å². The van der Waals surface area contributed by atoms with Crippen LogP contribution < -0.4 is 0 Å². The van der Waals surface area contributed by atoms with Gasteiger partial charge in [0.15, 0.2) is 11.5 Å². The first kappa shape index (κ1) is 10.6. The zero-order valence-corrected chi connectivity index (χ0v) is 8.10. The summed E-state index contributed by atoms with van der Waals surface area (Å²) >= 11 is 0. The normalized spacial score (nSPS) is 10.5. The highest BCUT2D eigenvalue weighted by Crippen LogP contribution is 1.99. The summed E-state index contributed by atoms with van der Waals surface area (Å²) in [5.74, 6) is -0.670. The van der Waals surface area contributed by atoms with Gasteiger partial charge in [-0.3, -0.25) is 0 Å². The van der Waals surface area contributed by atoms with Crippen molar-refractivity contribution in [3.05, 3.63) is 23.8 Å². The van der Waals surface area contributed by atoms with Crippen LogP contribution in [-0.4, -0.2) is 27.1 Å². The second-order valence-electron chi connectivity index (χ2n) is 3.02. The molecule has 1 N–H and O–H groups in total. The molecule has 0 atom stereocenters. The summed E-state index contributed by atoms with van der Waals surface area (Å²) < 4.78 is 5.24. The molecule has 0 bridgehead atoms. The lowest BCUT2D eigenvalue weighted by Crippen LogP contribution is -2.08. The van der Waals surface area contributed by atoms with Gasteiger partial charge in [0.2, 0.25) is 0 Å². The van der Waals surface area contributed by atoms with E-state index in [1.54, 1.807) is 0 Å². The Kier molecular flexibility index (Phi) is 3.53. The van der Waals surface area contributed by atoms with Crippen LogP contribution in [0.3, 0.4) is 0 Å². The van der Waals surface area contributed by atoms with E-state index in [1.807, 2.05) is 13.8 Å². The van der Waals surface area contributed by atoms with Gasteiger partial charge in [0.25, 0.3) is 0 Å². The van der Waals surface area contributed by atoms with Crippen molar-refractivity contribution in [3.8, 4) is 0 Å². The smallest absolute Gasteiger partial charge is 0.354 e. The Morgan fingerprint density at radius 1 is 1.64 bits per heavy atom. The standard InChI is InChI=1S/C9H12N2O3/c1-6(2)14-5-8-10-4-3-7(11-8)9(12)13/h3-4,6H,5H2,1-2H3,(H,12,13). The van der Waals surface area contributed by atoms with Crippen molar-refractivity contribution < 1.29 is 14.6 Å². The predicted octanol–water partition coefficient (Wildman–Crippen LogP) is 1.10. The van der Waals surface area contributed by atoms with E-state index >= 15 is 0 Å². The first-order valence-corrected chi connectivity index (χ1v) is 4.26. The third kappa shape index (κ3) is 3.10. The number of nitrogens with zero attached hydrogens (tertiary/aromatic N) is 2. The Labute approximate surface area is 81.8 Å². The van der Waals surface area contributed by atoms with Crippen LogP contribution in [0.4, 0.5) is 0 Å². The third-order valence-corrected chi connectivity index (χ3v) is 1.47. The highest BCUT2D eigenvalue weighted by atomic mass is 16.5. The largest absolute Gasteiger partial charge is 0.477 e. The van der Waals surface area contributed by atoms with E-state index in [0.29, 0.717) is 5.82 Å². The summed E-state index contributed by atoms with van der Waals surface area (Å²) in [6.45, 7) is 4.01. The minimum Gasteiger partial charge on any atom is -0.477 e. The SMILES string of the molecule is CC(C)OCc1nccc(C(=O)O)n1. The predicted molar refractivity (Wildman–Crippen MR) is 48.9 cm³/mol. The molecule has 0 amide bonds. The van der Waals surface area contributed by atoms with Crippen LogP contribution in [0.5, 0.6) is 0 Å². The number of carboxylic acids is 1. The van der Waals surface area contributed by atoms with Gasteiger partial charge in [-0.2, -0.15) is 0 Å². The van der Waals surface area contributed by atoms with E-state index in [0.717, 1.165) is 0 Å². The van der Waals surface area contributed by atoms with Gasteiger partial charge in [-0.25, -0.2) is 14.8 Å². The fourth-order valence-corrected chi connectivity index (χ4v) is 0.829. The van der Waals surface area contributed by atoms with Crippen LogP contribution in [-0.2, 0) is 11.3 Å². The Morgan fingerprint density at radius 3 is 2.93 bits per heavy atom. The molecule has 1 aromatic rings. The van der Waals surface area contributed by atoms with Gasteiger partial charge in [0.05, 0.1) is 6.10 Å². The fraction of sp³-hybridized carbons (Fsp3) is 0.444.